The van der Waals surface area contributed by atoms with Gasteiger partial charge in [-0.15, -0.1) is 0 Å². The standard InChI is InChI=1S/C25H36O5/c1-15(26)29-17-7-10-23(2)16(13-17)5-6-18-19(23)8-11-24(3)20(18)14-22-25(24,30-22)21(27)9-12-28-4/h5,17-20,22H,6-14H2,1-4H3/t17-,18+,19-,20-,22+,23-,24-,25-/m0/s1. The second kappa shape index (κ2) is 6.90. The molecule has 5 rings (SSSR count). The minimum absolute atomic E-state index is 0.0414. The van der Waals surface area contributed by atoms with Crippen LogP contribution in [0.5, 0.6) is 0 Å². The van der Waals surface area contributed by atoms with Crippen molar-refractivity contribution in [3.8, 4) is 0 Å². The first-order valence-electron chi connectivity index (χ1n) is 11.8. The number of carbonyl (C=O) groups is 2. The fourth-order valence-electron chi connectivity index (χ4n) is 8.26. The number of ether oxygens (including phenoxy) is 3. The third kappa shape index (κ3) is 2.67. The van der Waals surface area contributed by atoms with Gasteiger partial charge in [0.15, 0.2) is 11.4 Å². The van der Waals surface area contributed by atoms with Gasteiger partial charge in [0, 0.05) is 32.3 Å². The Bertz CT molecular complexity index is 788. The van der Waals surface area contributed by atoms with Crippen LogP contribution in [0.2, 0.25) is 0 Å². The number of hydrogen-bond acceptors (Lipinski definition) is 5. The van der Waals surface area contributed by atoms with Gasteiger partial charge in [-0.05, 0) is 61.7 Å². The summed E-state index contributed by atoms with van der Waals surface area (Å²) >= 11 is 0. The minimum atomic E-state index is -0.543. The average Bonchev–Trinajstić information content (AvgIpc) is 3.38. The van der Waals surface area contributed by atoms with Gasteiger partial charge in [0.2, 0.25) is 0 Å². The van der Waals surface area contributed by atoms with Crippen molar-refractivity contribution < 1.29 is 23.8 Å². The van der Waals surface area contributed by atoms with Crippen LogP contribution in [-0.2, 0) is 23.8 Å². The van der Waals surface area contributed by atoms with Gasteiger partial charge in [0.25, 0.3) is 0 Å². The predicted octanol–water partition coefficient (Wildman–Crippen LogP) is 4.23. The SMILES string of the molecule is COCCC(=O)[C@]12O[C@@H]1C[C@H]1[C@@H]3CC=C4C[C@@H](OC(C)=O)CC[C@]4(C)[C@H]3CC[C@@]12C. The normalized spacial score (nSPS) is 48.5. The van der Waals surface area contributed by atoms with Gasteiger partial charge in [-0.1, -0.05) is 25.5 Å². The van der Waals surface area contributed by atoms with Crippen LogP contribution < -0.4 is 0 Å². The molecule has 0 aromatic carbocycles. The van der Waals surface area contributed by atoms with Crippen LogP contribution in [0.4, 0.5) is 0 Å². The molecule has 0 amide bonds. The Balaban J connectivity index is 1.38. The minimum Gasteiger partial charge on any atom is -0.462 e. The van der Waals surface area contributed by atoms with Crippen LogP contribution in [0, 0.1) is 28.6 Å². The summed E-state index contributed by atoms with van der Waals surface area (Å²) in [5, 5.41) is 0. The largest absolute Gasteiger partial charge is 0.462 e. The first-order valence-corrected chi connectivity index (χ1v) is 11.8. The highest BCUT2D eigenvalue weighted by Gasteiger charge is 2.79. The topological polar surface area (TPSA) is 65.1 Å². The zero-order valence-corrected chi connectivity index (χ0v) is 18.9. The summed E-state index contributed by atoms with van der Waals surface area (Å²) < 4.78 is 16.9. The lowest BCUT2D eigenvalue weighted by Gasteiger charge is -2.58. The molecule has 4 aliphatic carbocycles. The van der Waals surface area contributed by atoms with E-state index in [0.717, 1.165) is 38.5 Å². The zero-order chi connectivity index (χ0) is 21.3. The zero-order valence-electron chi connectivity index (χ0n) is 18.9. The average molecular weight is 417 g/mol. The smallest absolute Gasteiger partial charge is 0.302 e. The second-order valence-electron chi connectivity index (χ2n) is 10.9. The van der Waals surface area contributed by atoms with Crippen molar-refractivity contribution in [1.29, 1.82) is 0 Å². The molecule has 0 aromatic heterocycles. The van der Waals surface area contributed by atoms with Crippen LogP contribution in [0.15, 0.2) is 11.6 Å². The number of carbonyl (C=O) groups excluding carboxylic acids is 2. The number of fused-ring (bicyclic) bond motifs is 7. The van der Waals surface area contributed by atoms with Gasteiger partial charge in [0.05, 0.1) is 12.7 Å². The van der Waals surface area contributed by atoms with E-state index < -0.39 is 5.60 Å². The van der Waals surface area contributed by atoms with Gasteiger partial charge < -0.3 is 14.2 Å². The molecule has 5 aliphatic rings. The van der Waals surface area contributed by atoms with E-state index in [-0.39, 0.29) is 34.8 Å². The van der Waals surface area contributed by atoms with E-state index in [2.05, 4.69) is 19.9 Å². The van der Waals surface area contributed by atoms with E-state index in [9.17, 15) is 9.59 Å². The number of epoxide rings is 1. The second-order valence-corrected chi connectivity index (χ2v) is 10.9. The maximum Gasteiger partial charge on any atom is 0.302 e. The van der Waals surface area contributed by atoms with Gasteiger partial charge in [-0.2, -0.15) is 0 Å². The molecule has 5 heteroatoms. The molecule has 166 valence electrons. The number of hydrogen-bond donors (Lipinski definition) is 0. The van der Waals surface area contributed by atoms with Crippen LogP contribution in [0.3, 0.4) is 0 Å². The van der Waals surface area contributed by atoms with Crippen LogP contribution >= 0.6 is 0 Å². The molecule has 0 radical (unpaired) electrons. The van der Waals surface area contributed by atoms with E-state index in [0.29, 0.717) is 30.8 Å². The molecule has 4 fully saturated rings. The van der Waals surface area contributed by atoms with Crippen molar-refractivity contribution in [3.05, 3.63) is 11.6 Å². The molecule has 0 spiro atoms. The molecular formula is C25H36O5. The maximum atomic E-state index is 13.1. The van der Waals surface area contributed by atoms with E-state index in [4.69, 9.17) is 14.2 Å². The van der Waals surface area contributed by atoms with E-state index in [1.54, 1.807) is 7.11 Å². The van der Waals surface area contributed by atoms with E-state index in [1.165, 1.54) is 18.9 Å². The third-order valence-corrected chi connectivity index (χ3v) is 9.77. The first-order chi connectivity index (χ1) is 14.3. The fourth-order valence-corrected chi connectivity index (χ4v) is 8.26. The van der Waals surface area contributed by atoms with Crippen molar-refractivity contribution in [1.82, 2.24) is 0 Å². The quantitative estimate of drug-likeness (QED) is 0.381. The molecule has 1 heterocycles. The number of esters is 1. The lowest BCUT2D eigenvalue weighted by molar-refractivity contribution is -0.149. The Morgan fingerprint density at radius 2 is 2.00 bits per heavy atom. The molecular weight excluding hydrogens is 380 g/mol. The molecule has 3 saturated carbocycles. The Labute approximate surface area is 179 Å². The molecule has 0 aromatic rings. The molecule has 30 heavy (non-hydrogen) atoms. The molecule has 8 atom stereocenters. The van der Waals surface area contributed by atoms with Gasteiger partial charge in [-0.3, -0.25) is 9.59 Å². The Kier molecular flexibility index (Phi) is 4.76. The monoisotopic (exact) mass is 416 g/mol. The number of ketones is 1. The Hall–Kier alpha value is -1.20. The van der Waals surface area contributed by atoms with Crippen molar-refractivity contribution in [2.24, 2.45) is 28.6 Å². The lowest BCUT2D eigenvalue weighted by Crippen LogP contribution is -2.54. The van der Waals surface area contributed by atoms with Crippen molar-refractivity contribution in [2.45, 2.75) is 89.9 Å². The van der Waals surface area contributed by atoms with E-state index in [1.807, 2.05) is 0 Å². The van der Waals surface area contributed by atoms with Crippen molar-refractivity contribution >= 4 is 11.8 Å². The highest BCUT2D eigenvalue weighted by Crippen LogP contribution is 2.73. The van der Waals surface area contributed by atoms with Gasteiger partial charge in [-0.25, -0.2) is 0 Å². The third-order valence-electron chi connectivity index (χ3n) is 9.77. The predicted molar refractivity (Wildman–Crippen MR) is 112 cm³/mol. The molecule has 5 nitrogen and oxygen atoms in total. The summed E-state index contributed by atoms with van der Waals surface area (Å²) in [7, 11) is 1.66. The summed E-state index contributed by atoms with van der Waals surface area (Å²) in [6.07, 6.45) is 10.4. The summed E-state index contributed by atoms with van der Waals surface area (Å²) in [6.45, 7) is 6.79. The first kappa shape index (κ1) is 20.7. The molecule has 0 unspecified atom stereocenters. The molecule has 1 saturated heterocycles. The number of Topliss-reactive ketones (excluding diaryl/α,β-unsaturated/α-hetero) is 1. The maximum absolute atomic E-state index is 13.1. The van der Waals surface area contributed by atoms with Crippen LogP contribution in [0.25, 0.3) is 0 Å². The van der Waals surface area contributed by atoms with Crippen molar-refractivity contribution in [3.63, 3.8) is 0 Å². The summed E-state index contributed by atoms with van der Waals surface area (Å²) in [5.41, 5.74) is 1.14. The molecule has 1 aliphatic heterocycles. The Morgan fingerprint density at radius 1 is 1.20 bits per heavy atom. The number of rotatable bonds is 5. The lowest BCUT2D eigenvalue weighted by atomic mass is 9.47. The summed E-state index contributed by atoms with van der Waals surface area (Å²) in [4.78, 5) is 24.6. The summed E-state index contributed by atoms with van der Waals surface area (Å²) in [6, 6.07) is 0. The highest BCUT2D eigenvalue weighted by molar-refractivity contribution is 5.92. The number of methoxy groups -OCH3 is 1. The Morgan fingerprint density at radius 3 is 2.73 bits per heavy atom. The van der Waals surface area contributed by atoms with Crippen molar-refractivity contribution in [2.75, 3.05) is 13.7 Å². The highest BCUT2D eigenvalue weighted by atomic mass is 16.6. The van der Waals surface area contributed by atoms with Gasteiger partial charge >= 0.3 is 5.97 Å². The molecule has 0 N–H and O–H groups in total. The van der Waals surface area contributed by atoms with E-state index >= 15 is 0 Å². The summed E-state index contributed by atoms with van der Waals surface area (Å²) in [5.74, 6) is 1.95. The van der Waals surface area contributed by atoms with Crippen LogP contribution in [-0.4, -0.2) is 43.3 Å². The van der Waals surface area contributed by atoms with Gasteiger partial charge in [0.1, 0.15) is 6.10 Å². The van der Waals surface area contributed by atoms with Crippen LogP contribution in [0.1, 0.15) is 72.1 Å². The molecule has 0 bridgehead atoms. The number of allylic oxidation sites excluding steroid dienone is 1. The fraction of sp³-hybridized carbons (Fsp3) is 0.840.